The van der Waals surface area contributed by atoms with E-state index in [-0.39, 0.29) is 5.91 Å². The van der Waals surface area contributed by atoms with Gasteiger partial charge in [0.25, 0.3) is 5.91 Å². The normalized spacial score (nSPS) is 10.5. The van der Waals surface area contributed by atoms with Crippen LogP contribution in [0.25, 0.3) is 10.6 Å². The highest BCUT2D eigenvalue weighted by atomic mass is 32.1. The second-order valence-corrected chi connectivity index (χ2v) is 6.25. The molecule has 3 N–H and O–H groups in total. The standard InChI is InChI=1S/C17H23N3O3S/c1-11-15(16(21)19-9-5-4-8-18)24-17(20-11)12-6-7-13(22-2)14(10-12)23-3/h6-7,10H,4-5,8-9,18H2,1-3H3,(H,19,21). The van der Waals surface area contributed by atoms with Gasteiger partial charge < -0.3 is 20.5 Å². The zero-order chi connectivity index (χ0) is 17.5. The molecule has 0 saturated carbocycles. The number of rotatable bonds is 8. The number of nitrogens with zero attached hydrogens (tertiary/aromatic N) is 1. The number of aromatic nitrogens is 1. The minimum Gasteiger partial charge on any atom is -0.493 e. The predicted octanol–water partition coefficient (Wildman–Crippen LogP) is 2.60. The molecule has 0 aliphatic heterocycles. The largest absolute Gasteiger partial charge is 0.493 e. The van der Waals surface area contributed by atoms with E-state index in [0.29, 0.717) is 29.5 Å². The van der Waals surface area contributed by atoms with E-state index in [1.165, 1.54) is 11.3 Å². The molecule has 0 atom stereocenters. The smallest absolute Gasteiger partial charge is 0.263 e. The Morgan fingerprint density at radius 2 is 2.00 bits per heavy atom. The molecule has 6 nitrogen and oxygen atoms in total. The number of unbranched alkanes of at least 4 members (excludes halogenated alkanes) is 1. The van der Waals surface area contributed by atoms with E-state index < -0.39 is 0 Å². The van der Waals surface area contributed by atoms with Gasteiger partial charge in [-0.2, -0.15) is 0 Å². The number of hydrogen-bond acceptors (Lipinski definition) is 6. The number of aryl methyl sites for hydroxylation is 1. The third-order valence-corrected chi connectivity index (χ3v) is 4.76. The second kappa shape index (κ2) is 8.65. The number of hydrogen-bond donors (Lipinski definition) is 2. The van der Waals surface area contributed by atoms with Crippen molar-refractivity contribution in [1.82, 2.24) is 10.3 Å². The number of carbonyl (C=O) groups excluding carboxylic acids is 1. The minimum atomic E-state index is -0.0891. The molecule has 0 aliphatic carbocycles. The lowest BCUT2D eigenvalue weighted by Gasteiger charge is -2.08. The fourth-order valence-electron chi connectivity index (χ4n) is 2.25. The van der Waals surface area contributed by atoms with Gasteiger partial charge in [-0.3, -0.25) is 4.79 Å². The maximum Gasteiger partial charge on any atom is 0.263 e. The summed E-state index contributed by atoms with van der Waals surface area (Å²) in [5.74, 6) is 1.21. The fraction of sp³-hybridized carbons (Fsp3) is 0.412. The molecule has 130 valence electrons. The van der Waals surface area contributed by atoms with E-state index in [0.717, 1.165) is 29.1 Å². The Morgan fingerprint density at radius 3 is 2.67 bits per heavy atom. The first kappa shape index (κ1) is 18.2. The number of ether oxygens (including phenoxy) is 2. The van der Waals surface area contributed by atoms with Crippen LogP contribution in [0.4, 0.5) is 0 Å². The molecular formula is C17H23N3O3S. The Balaban J connectivity index is 2.17. The Kier molecular flexibility index (Phi) is 6.57. The third kappa shape index (κ3) is 4.24. The quantitative estimate of drug-likeness (QED) is 0.716. The summed E-state index contributed by atoms with van der Waals surface area (Å²) in [6.07, 6.45) is 1.78. The molecular weight excluding hydrogens is 326 g/mol. The molecule has 1 aromatic heterocycles. The van der Waals surface area contributed by atoms with Crippen LogP contribution in [-0.4, -0.2) is 38.2 Å². The van der Waals surface area contributed by atoms with Gasteiger partial charge in [-0.15, -0.1) is 11.3 Å². The van der Waals surface area contributed by atoms with Crippen LogP contribution < -0.4 is 20.5 Å². The summed E-state index contributed by atoms with van der Waals surface area (Å²) in [6, 6.07) is 5.60. The molecule has 1 amide bonds. The van der Waals surface area contributed by atoms with Crippen LogP contribution in [-0.2, 0) is 0 Å². The highest BCUT2D eigenvalue weighted by Gasteiger charge is 2.17. The Labute approximate surface area is 146 Å². The summed E-state index contributed by atoms with van der Waals surface area (Å²) in [5, 5.41) is 3.69. The average molecular weight is 349 g/mol. The molecule has 0 radical (unpaired) electrons. The van der Waals surface area contributed by atoms with E-state index in [1.54, 1.807) is 14.2 Å². The van der Waals surface area contributed by atoms with E-state index in [2.05, 4.69) is 10.3 Å². The number of nitrogens with one attached hydrogen (secondary N) is 1. The van der Waals surface area contributed by atoms with E-state index in [4.69, 9.17) is 15.2 Å². The predicted molar refractivity (Wildman–Crippen MR) is 96.0 cm³/mol. The lowest BCUT2D eigenvalue weighted by atomic mass is 10.2. The van der Waals surface area contributed by atoms with E-state index in [1.807, 2.05) is 25.1 Å². The van der Waals surface area contributed by atoms with Gasteiger partial charge >= 0.3 is 0 Å². The zero-order valence-electron chi connectivity index (χ0n) is 14.2. The minimum absolute atomic E-state index is 0.0891. The highest BCUT2D eigenvalue weighted by molar-refractivity contribution is 7.17. The van der Waals surface area contributed by atoms with Gasteiger partial charge in [0.1, 0.15) is 9.88 Å². The monoisotopic (exact) mass is 349 g/mol. The number of amides is 1. The van der Waals surface area contributed by atoms with E-state index >= 15 is 0 Å². The Bertz CT molecular complexity index is 700. The number of methoxy groups -OCH3 is 2. The maximum absolute atomic E-state index is 12.3. The van der Waals surface area contributed by atoms with Crippen molar-refractivity contribution in [2.24, 2.45) is 5.73 Å². The number of carbonyl (C=O) groups is 1. The topological polar surface area (TPSA) is 86.5 Å². The number of nitrogens with two attached hydrogens (primary N) is 1. The first-order valence-electron chi connectivity index (χ1n) is 7.78. The third-order valence-electron chi connectivity index (χ3n) is 3.55. The van der Waals surface area contributed by atoms with Crippen molar-refractivity contribution < 1.29 is 14.3 Å². The van der Waals surface area contributed by atoms with Gasteiger partial charge in [-0.25, -0.2) is 4.98 Å². The lowest BCUT2D eigenvalue weighted by Crippen LogP contribution is -2.24. The van der Waals surface area contributed by atoms with Crippen LogP contribution in [0.15, 0.2) is 18.2 Å². The van der Waals surface area contributed by atoms with Crippen LogP contribution in [0.3, 0.4) is 0 Å². The first-order valence-corrected chi connectivity index (χ1v) is 8.60. The SMILES string of the molecule is COc1ccc(-c2nc(C)c(C(=O)NCCCCN)s2)cc1OC. The van der Waals surface area contributed by atoms with Crippen molar-refractivity contribution >= 4 is 17.2 Å². The van der Waals surface area contributed by atoms with Gasteiger partial charge in [-0.1, -0.05) is 0 Å². The molecule has 1 aromatic carbocycles. The molecule has 0 unspecified atom stereocenters. The summed E-state index contributed by atoms with van der Waals surface area (Å²) in [5.41, 5.74) is 7.07. The summed E-state index contributed by atoms with van der Waals surface area (Å²) >= 11 is 1.37. The summed E-state index contributed by atoms with van der Waals surface area (Å²) in [4.78, 5) is 17.4. The molecule has 0 fully saturated rings. The molecule has 7 heteroatoms. The summed E-state index contributed by atoms with van der Waals surface area (Å²) in [7, 11) is 3.19. The fourth-order valence-corrected chi connectivity index (χ4v) is 3.23. The Hall–Kier alpha value is -2.12. The molecule has 0 aliphatic rings. The maximum atomic E-state index is 12.3. The molecule has 2 aromatic rings. The van der Waals surface area contributed by atoms with E-state index in [9.17, 15) is 4.79 Å². The average Bonchev–Trinajstić information content (AvgIpc) is 2.99. The number of thiazole rings is 1. The van der Waals surface area contributed by atoms with Crippen molar-refractivity contribution in [3.05, 3.63) is 28.8 Å². The van der Waals surface area contributed by atoms with Crippen LogP contribution >= 0.6 is 11.3 Å². The summed E-state index contributed by atoms with van der Waals surface area (Å²) in [6.45, 7) is 3.10. The van der Waals surface area contributed by atoms with Crippen LogP contribution in [0, 0.1) is 6.92 Å². The van der Waals surface area contributed by atoms with Crippen molar-refractivity contribution in [2.45, 2.75) is 19.8 Å². The van der Waals surface area contributed by atoms with Crippen molar-refractivity contribution in [3.63, 3.8) is 0 Å². The Morgan fingerprint density at radius 1 is 1.25 bits per heavy atom. The van der Waals surface area contributed by atoms with Crippen LogP contribution in [0.1, 0.15) is 28.2 Å². The molecule has 24 heavy (non-hydrogen) atoms. The molecule has 0 bridgehead atoms. The first-order chi connectivity index (χ1) is 11.6. The lowest BCUT2D eigenvalue weighted by molar-refractivity contribution is 0.0956. The van der Waals surface area contributed by atoms with Gasteiger partial charge in [-0.05, 0) is 44.5 Å². The molecule has 0 spiro atoms. The van der Waals surface area contributed by atoms with Crippen molar-refractivity contribution in [1.29, 1.82) is 0 Å². The highest BCUT2D eigenvalue weighted by Crippen LogP contribution is 2.34. The van der Waals surface area contributed by atoms with Crippen LogP contribution in [0.2, 0.25) is 0 Å². The van der Waals surface area contributed by atoms with Gasteiger partial charge in [0, 0.05) is 12.1 Å². The second-order valence-electron chi connectivity index (χ2n) is 5.25. The molecule has 1 heterocycles. The van der Waals surface area contributed by atoms with Gasteiger partial charge in [0.05, 0.1) is 19.9 Å². The van der Waals surface area contributed by atoms with Crippen molar-refractivity contribution in [2.75, 3.05) is 27.3 Å². The van der Waals surface area contributed by atoms with Crippen LogP contribution in [0.5, 0.6) is 11.5 Å². The molecule has 2 rings (SSSR count). The number of benzene rings is 1. The van der Waals surface area contributed by atoms with Crippen molar-refractivity contribution in [3.8, 4) is 22.1 Å². The van der Waals surface area contributed by atoms with Gasteiger partial charge in [0.2, 0.25) is 0 Å². The summed E-state index contributed by atoms with van der Waals surface area (Å²) < 4.78 is 10.6. The van der Waals surface area contributed by atoms with Gasteiger partial charge in [0.15, 0.2) is 11.5 Å². The molecule has 0 saturated heterocycles. The zero-order valence-corrected chi connectivity index (χ0v) is 15.0.